The third-order valence-electron chi connectivity index (χ3n) is 4.19. The molecule has 0 fully saturated rings. The molecular weight excluding hydrogens is 363 g/mol. The van der Waals surface area contributed by atoms with Crippen LogP contribution in [0.15, 0.2) is 53.7 Å². The third-order valence-corrected chi connectivity index (χ3v) is 5.27. The Balaban J connectivity index is 1.71. The normalized spacial score (nSPS) is 12.0. The highest BCUT2D eigenvalue weighted by molar-refractivity contribution is 8.00. The largest absolute Gasteiger partial charge is 0.325 e. The lowest BCUT2D eigenvalue weighted by atomic mass is 10.2. The minimum atomic E-state index is -0.411. The number of nitrogens with one attached hydrogen (secondary N) is 1. The van der Waals surface area contributed by atoms with Crippen LogP contribution in [-0.2, 0) is 11.3 Å². The standard InChI is InChI=1S/C20H21FN4OS/c1-13-9-10-17(21)11-18(13)22-19(26)14(2)27-20-24-23-15(3)25(20)12-16-7-5-4-6-8-16/h4-11,14H,12H2,1-3H3,(H,22,26). The molecule has 7 heteroatoms. The summed E-state index contributed by atoms with van der Waals surface area (Å²) in [7, 11) is 0. The molecule has 0 aliphatic rings. The molecule has 1 aromatic heterocycles. The molecule has 0 aliphatic heterocycles. The molecule has 1 N–H and O–H groups in total. The van der Waals surface area contributed by atoms with Gasteiger partial charge in [0.05, 0.1) is 11.8 Å². The lowest BCUT2D eigenvalue weighted by Crippen LogP contribution is -2.23. The Labute approximate surface area is 162 Å². The molecule has 0 saturated carbocycles. The lowest BCUT2D eigenvalue weighted by Gasteiger charge is -2.14. The van der Waals surface area contributed by atoms with Gasteiger partial charge in [-0.3, -0.25) is 4.79 Å². The summed E-state index contributed by atoms with van der Waals surface area (Å²) in [5.41, 5.74) is 2.43. The van der Waals surface area contributed by atoms with Crippen molar-refractivity contribution in [2.45, 2.75) is 37.7 Å². The number of aryl methyl sites for hydroxylation is 2. The van der Waals surface area contributed by atoms with Crippen LogP contribution in [0.3, 0.4) is 0 Å². The molecule has 1 unspecified atom stereocenters. The second-order valence-corrected chi connectivity index (χ2v) is 7.62. The number of nitrogens with zero attached hydrogens (tertiary/aromatic N) is 3. The van der Waals surface area contributed by atoms with E-state index in [1.807, 2.05) is 48.7 Å². The molecule has 3 rings (SSSR count). The van der Waals surface area contributed by atoms with Crippen LogP contribution in [0.5, 0.6) is 0 Å². The number of benzene rings is 2. The first kappa shape index (κ1) is 19.1. The van der Waals surface area contributed by atoms with E-state index >= 15 is 0 Å². The van der Waals surface area contributed by atoms with E-state index in [2.05, 4.69) is 15.5 Å². The van der Waals surface area contributed by atoms with E-state index in [-0.39, 0.29) is 11.7 Å². The van der Waals surface area contributed by atoms with Gasteiger partial charge in [0, 0.05) is 5.69 Å². The first-order chi connectivity index (χ1) is 12.9. The van der Waals surface area contributed by atoms with Gasteiger partial charge in [-0.2, -0.15) is 0 Å². The van der Waals surface area contributed by atoms with Crippen molar-refractivity contribution in [1.82, 2.24) is 14.8 Å². The van der Waals surface area contributed by atoms with Gasteiger partial charge in [0.15, 0.2) is 5.16 Å². The van der Waals surface area contributed by atoms with Crippen LogP contribution in [-0.4, -0.2) is 25.9 Å². The predicted molar refractivity (Wildman–Crippen MR) is 105 cm³/mol. The number of thioether (sulfide) groups is 1. The molecule has 2 aromatic carbocycles. The zero-order chi connectivity index (χ0) is 19.4. The van der Waals surface area contributed by atoms with Gasteiger partial charge in [-0.1, -0.05) is 48.2 Å². The molecule has 1 amide bonds. The highest BCUT2D eigenvalue weighted by Gasteiger charge is 2.20. The fourth-order valence-electron chi connectivity index (χ4n) is 2.57. The van der Waals surface area contributed by atoms with Crippen molar-refractivity contribution in [3.05, 3.63) is 71.3 Å². The molecule has 27 heavy (non-hydrogen) atoms. The van der Waals surface area contributed by atoms with Crippen molar-refractivity contribution in [3.8, 4) is 0 Å². The van der Waals surface area contributed by atoms with E-state index in [1.54, 1.807) is 13.0 Å². The molecule has 0 radical (unpaired) electrons. The maximum absolute atomic E-state index is 13.4. The predicted octanol–water partition coefficient (Wildman–Crippen LogP) is 4.20. The number of carbonyl (C=O) groups excluding carboxylic acids is 1. The van der Waals surface area contributed by atoms with Crippen molar-refractivity contribution in [3.63, 3.8) is 0 Å². The molecule has 0 saturated heterocycles. The van der Waals surface area contributed by atoms with Crippen molar-refractivity contribution in [2.24, 2.45) is 0 Å². The number of halogens is 1. The van der Waals surface area contributed by atoms with Gasteiger partial charge >= 0.3 is 0 Å². The fraction of sp³-hybridized carbons (Fsp3) is 0.250. The highest BCUT2D eigenvalue weighted by Crippen LogP contribution is 2.25. The van der Waals surface area contributed by atoms with Gasteiger partial charge in [-0.25, -0.2) is 4.39 Å². The minimum Gasteiger partial charge on any atom is -0.325 e. The monoisotopic (exact) mass is 384 g/mol. The van der Waals surface area contributed by atoms with E-state index in [0.717, 1.165) is 17.0 Å². The van der Waals surface area contributed by atoms with Crippen LogP contribution in [0.25, 0.3) is 0 Å². The van der Waals surface area contributed by atoms with E-state index in [9.17, 15) is 9.18 Å². The van der Waals surface area contributed by atoms with Crippen molar-refractivity contribution in [2.75, 3.05) is 5.32 Å². The molecule has 0 spiro atoms. The summed E-state index contributed by atoms with van der Waals surface area (Å²) < 4.78 is 15.4. The number of aromatic nitrogens is 3. The second-order valence-electron chi connectivity index (χ2n) is 6.31. The fourth-order valence-corrected chi connectivity index (χ4v) is 3.47. The van der Waals surface area contributed by atoms with Crippen LogP contribution in [0.1, 0.15) is 23.9 Å². The van der Waals surface area contributed by atoms with E-state index in [4.69, 9.17) is 0 Å². The van der Waals surface area contributed by atoms with Crippen LogP contribution in [0.2, 0.25) is 0 Å². The van der Waals surface area contributed by atoms with Crippen LogP contribution < -0.4 is 5.32 Å². The van der Waals surface area contributed by atoms with Gasteiger partial charge in [-0.15, -0.1) is 10.2 Å². The summed E-state index contributed by atoms with van der Waals surface area (Å²) in [5, 5.41) is 11.4. The third kappa shape index (κ3) is 4.74. The Hall–Kier alpha value is -2.67. The van der Waals surface area contributed by atoms with Crippen molar-refractivity contribution in [1.29, 1.82) is 0 Å². The van der Waals surface area contributed by atoms with Crippen LogP contribution in [0.4, 0.5) is 10.1 Å². The quantitative estimate of drug-likeness (QED) is 0.647. The Morgan fingerprint density at radius 2 is 1.93 bits per heavy atom. The van der Waals surface area contributed by atoms with Gasteiger partial charge in [0.1, 0.15) is 11.6 Å². The van der Waals surface area contributed by atoms with Gasteiger partial charge in [0.25, 0.3) is 0 Å². The average Bonchev–Trinajstić information content (AvgIpc) is 2.99. The SMILES string of the molecule is Cc1ccc(F)cc1NC(=O)C(C)Sc1nnc(C)n1Cc1ccccc1. The molecule has 140 valence electrons. The lowest BCUT2D eigenvalue weighted by molar-refractivity contribution is -0.115. The first-order valence-electron chi connectivity index (χ1n) is 8.61. The summed E-state index contributed by atoms with van der Waals surface area (Å²) in [6, 6.07) is 14.4. The molecular formula is C20H21FN4OS. The minimum absolute atomic E-state index is 0.208. The van der Waals surface area contributed by atoms with Crippen LogP contribution in [0, 0.1) is 19.7 Å². The number of rotatable bonds is 6. The van der Waals surface area contributed by atoms with E-state index in [1.165, 1.54) is 23.9 Å². The number of hydrogen-bond acceptors (Lipinski definition) is 4. The molecule has 3 aromatic rings. The number of amides is 1. The maximum Gasteiger partial charge on any atom is 0.237 e. The van der Waals surface area contributed by atoms with E-state index in [0.29, 0.717) is 17.4 Å². The van der Waals surface area contributed by atoms with E-state index < -0.39 is 5.25 Å². The zero-order valence-corrected chi connectivity index (χ0v) is 16.3. The summed E-state index contributed by atoms with van der Waals surface area (Å²) >= 11 is 1.33. The highest BCUT2D eigenvalue weighted by atomic mass is 32.2. The topological polar surface area (TPSA) is 59.8 Å². The summed E-state index contributed by atoms with van der Waals surface area (Å²) in [4.78, 5) is 12.5. The molecule has 1 atom stereocenters. The molecule has 0 bridgehead atoms. The Morgan fingerprint density at radius 3 is 2.67 bits per heavy atom. The number of anilines is 1. The smallest absolute Gasteiger partial charge is 0.237 e. The summed E-state index contributed by atoms with van der Waals surface area (Å²) in [5.74, 6) is 0.199. The second kappa shape index (κ2) is 8.35. The first-order valence-corrected chi connectivity index (χ1v) is 9.49. The van der Waals surface area contributed by atoms with Gasteiger partial charge in [0.2, 0.25) is 5.91 Å². The zero-order valence-electron chi connectivity index (χ0n) is 15.4. The Bertz CT molecular complexity index is 942. The molecule has 1 heterocycles. The molecule has 5 nitrogen and oxygen atoms in total. The molecule has 0 aliphatic carbocycles. The van der Waals surface area contributed by atoms with Gasteiger partial charge in [-0.05, 0) is 44.0 Å². The van der Waals surface area contributed by atoms with Gasteiger partial charge < -0.3 is 9.88 Å². The Kier molecular flexibility index (Phi) is 5.91. The van der Waals surface area contributed by atoms with Crippen molar-refractivity contribution >= 4 is 23.4 Å². The summed E-state index contributed by atoms with van der Waals surface area (Å²) in [6.07, 6.45) is 0. The number of hydrogen-bond donors (Lipinski definition) is 1. The number of carbonyl (C=O) groups is 1. The maximum atomic E-state index is 13.4. The average molecular weight is 384 g/mol. The Morgan fingerprint density at radius 1 is 1.19 bits per heavy atom. The summed E-state index contributed by atoms with van der Waals surface area (Å²) in [6.45, 7) is 6.15. The van der Waals surface area contributed by atoms with Crippen molar-refractivity contribution < 1.29 is 9.18 Å². The van der Waals surface area contributed by atoms with Crippen LogP contribution >= 0.6 is 11.8 Å².